The normalized spacial score (nSPS) is 20.8. The minimum Gasteiger partial charge on any atom is -0.399 e. The van der Waals surface area contributed by atoms with E-state index in [0.29, 0.717) is 12.4 Å². The molecule has 19 heavy (non-hydrogen) atoms. The molecule has 0 spiro atoms. The van der Waals surface area contributed by atoms with Crippen LogP contribution < -0.4 is 16.5 Å². The van der Waals surface area contributed by atoms with Gasteiger partial charge >= 0.3 is 7.12 Å². The first-order valence-corrected chi connectivity index (χ1v) is 6.52. The maximum atomic E-state index is 6.05. The minimum atomic E-state index is -0.470. The lowest BCUT2D eigenvalue weighted by atomic mass is 9.76. The summed E-state index contributed by atoms with van der Waals surface area (Å²) in [6.07, 6.45) is 1.71. The SMILES string of the molecule is CNCc1ccnc(N)c1B1OC(C)(C)C(C)(C)O1. The Balaban J connectivity index is 2.39. The number of rotatable bonds is 3. The maximum absolute atomic E-state index is 6.05. The number of nitrogen functional groups attached to an aromatic ring is 1. The molecule has 0 amide bonds. The zero-order valence-electron chi connectivity index (χ0n) is 12.3. The van der Waals surface area contributed by atoms with Crippen molar-refractivity contribution in [3.8, 4) is 0 Å². The van der Waals surface area contributed by atoms with E-state index in [1.165, 1.54) is 0 Å². The molecule has 0 unspecified atom stereocenters. The van der Waals surface area contributed by atoms with Gasteiger partial charge in [0.05, 0.1) is 11.2 Å². The standard InChI is InChI=1S/C13H22BN3O2/c1-12(2)13(3,4)19-14(18-12)10-9(8-16-5)6-7-17-11(10)15/h6-7,16H,8H2,1-5H3,(H2,15,17). The van der Waals surface area contributed by atoms with Gasteiger partial charge in [0.2, 0.25) is 0 Å². The van der Waals surface area contributed by atoms with E-state index in [4.69, 9.17) is 15.0 Å². The lowest BCUT2D eigenvalue weighted by Gasteiger charge is -2.32. The second-order valence-corrected chi connectivity index (χ2v) is 5.89. The second-order valence-electron chi connectivity index (χ2n) is 5.89. The zero-order chi connectivity index (χ0) is 14.3. The highest BCUT2D eigenvalue weighted by Gasteiger charge is 2.52. The average Bonchev–Trinajstić information content (AvgIpc) is 2.48. The Kier molecular flexibility index (Phi) is 3.60. The fourth-order valence-electron chi connectivity index (χ4n) is 2.11. The van der Waals surface area contributed by atoms with E-state index >= 15 is 0 Å². The van der Waals surface area contributed by atoms with Crippen molar-refractivity contribution in [3.63, 3.8) is 0 Å². The van der Waals surface area contributed by atoms with Crippen molar-refractivity contribution >= 4 is 18.4 Å². The maximum Gasteiger partial charge on any atom is 0.498 e. The van der Waals surface area contributed by atoms with Crippen molar-refractivity contribution in [3.05, 3.63) is 17.8 Å². The van der Waals surface area contributed by atoms with Crippen LogP contribution in [0.15, 0.2) is 12.3 Å². The number of pyridine rings is 1. The van der Waals surface area contributed by atoms with Gasteiger partial charge in [0.1, 0.15) is 5.82 Å². The Hall–Kier alpha value is -1.11. The van der Waals surface area contributed by atoms with Gasteiger partial charge in [0.25, 0.3) is 0 Å². The third kappa shape index (κ3) is 2.48. The number of anilines is 1. The molecule has 1 fully saturated rings. The van der Waals surface area contributed by atoms with Crippen LogP contribution in [0, 0.1) is 0 Å². The molecule has 0 bridgehead atoms. The summed E-state index contributed by atoms with van der Waals surface area (Å²) >= 11 is 0. The van der Waals surface area contributed by atoms with Gasteiger partial charge in [-0.3, -0.25) is 0 Å². The molecule has 2 rings (SSSR count). The number of nitrogens with two attached hydrogens (primary N) is 1. The minimum absolute atomic E-state index is 0.378. The summed E-state index contributed by atoms with van der Waals surface area (Å²) in [6.45, 7) is 8.80. The molecule has 5 nitrogen and oxygen atoms in total. The van der Waals surface area contributed by atoms with Crippen LogP contribution in [0.4, 0.5) is 5.82 Å². The molecule has 6 heteroatoms. The van der Waals surface area contributed by atoms with Crippen LogP contribution in [0.25, 0.3) is 0 Å². The molecule has 0 radical (unpaired) electrons. The zero-order valence-corrected chi connectivity index (χ0v) is 12.3. The highest BCUT2D eigenvalue weighted by Crippen LogP contribution is 2.37. The molecule has 1 aliphatic heterocycles. The Morgan fingerprint density at radius 2 is 1.84 bits per heavy atom. The van der Waals surface area contributed by atoms with Crippen molar-refractivity contribution in [1.82, 2.24) is 10.3 Å². The van der Waals surface area contributed by atoms with Crippen molar-refractivity contribution in [2.24, 2.45) is 0 Å². The van der Waals surface area contributed by atoms with Crippen molar-refractivity contribution in [2.75, 3.05) is 12.8 Å². The molecule has 0 saturated carbocycles. The first kappa shape index (κ1) is 14.3. The quantitative estimate of drug-likeness (QED) is 0.785. The summed E-state index contributed by atoms with van der Waals surface area (Å²) < 4.78 is 12.1. The van der Waals surface area contributed by atoms with Gasteiger partial charge in [-0.2, -0.15) is 0 Å². The van der Waals surface area contributed by atoms with Crippen LogP contribution >= 0.6 is 0 Å². The Labute approximate surface area is 115 Å². The van der Waals surface area contributed by atoms with Crippen LogP contribution in [0.2, 0.25) is 0 Å². The summed E-state index contributed by atoms with van der Waals surface area (Å²) in [7, 11) is 1.42. The second kappa shape index (κ2) is 4.78. The molecular weight excluding hydrogens is 241 g/mol. The number of nitrogens with zero attached hydrogens (tertiary/aromatic N) is 1. The fourth-order valence-corrected chi connectivity index (χ4v) is 2.11. The number of nitrogens with one attached hydrogen (secondary N) is 1. The van der Waals surface area contributed by atoms with Gasteiger partial charge in [-0.15, -0.1) is 0 Å². The highest BCUT2D eigenvalue weighted by molar-refractivity contribution is 6.64. The van der Waals surface area contributed by atoms with Crippen molar-refractivity contribution in [1.29, 1.82) is 0 Å². The van der Waals surface area contributed by atoms with E-state index in [9.17, 15) is 0 Å². The van der Waals surface area contributed by atoms with E-state index < -0.39 is 7.12 Å². The molecular formula is C13H22BN3O2. The van der Waals surface area contributed by atoms with Crippen LogP contribution in [0.3, 0.4) is 0 Å². The number of hydrogen-bond donors (Lipinski definition) is 2. The Morgan fingerprint density at radius 3 is 2.37 bits per heavy atom. The van der Waals surface area contributed by atoms with Crippen LogP contribution in [0.5, 0.6) is 0 Å². The first-order chi connectivity index (χ1) is 8.78. The topological polar surface area (TPSA) is 69.4 Å². The van der Waals surface area contributed by atoms with Crippen LogP contribution in [-0.2, 0) is 15.9 Å². The van der Waals surface area contributed by atoms with E-state index in [0.717, 1.165) is 11.0 Å². The highest BCUT2D eigenvalue weighted by atomic mass is 16.7. The molecule has 1 saturated heterocycles. The first-order valence-electron chi connectivity index (χ1n) is 6.52. The molecule has 0 atom stereocenters. The smallest absolute Gasteiger partial charge is 0.399 e. The predicted octanol–water partition coefficient (Wildman–Crippen LogP) is 0.682. The van der Waals surface area contributed by atoms with Gasteiger partial charge in [-0.1, -0.05) is 0 Å². The predicted molar refractivity (Wildman–Crippen MR) is 77.1 cm³/mol. The van der Waals surface area contributed by atoms with E-state index in [-0.39, 0.29) is 11.2 Å². The summed E-state index contributed by atoms with van der Waals surface area (Å²) in [5.74, 6) is 0.464. The van der Waals surface area contributed by atoms with Gasteiger partial charge in [-0.25, -0.2) is 4.98 Å². The monoisotopic (exact) mass is 263 g/mol. The lowest BCUT2D eigenvalue weighted by molar-refractivity contribution is 0.00578. The van der Waals surface area contributed by atoms with E-state index in [2.05, 4.69) is 10.3 Å². The molecule has 3 N–H and O–H groups in total. The van der Waals surface area contributed by atoms with Gasteiger partial charge in [0.15, 0.2) is 0 Å². The molecule has 0 aromatic carbocycles. The summed E-state index contributed by atoms with van der Waals surface area (Å²) in [4.78, 5) is 4.15. The van der Waals surface area contributed by atoms with Gasteiger partial charge < -0.3 is 20.4 Å². The van der Waals surface area contributed by atoms with Gasteiger partial charge in [0, 0.05) is 18.2 Å². The van der Waals surface area contributed by atoms with Crippen molar-refractivity contribution in [2.45, 2.75) is 45.4 Å². The summed E-state index contributed by atoms with van der Waals surface area (Å²) in [5.41, 5.74) is 7.13. The number of aromatic nitrogens is 1. The molecule has 1 aromatic heterocycles. The third-order valence-electron chi connectivity index (χ3n) is 3.97. The largest absolute Gasteiger partial charge is 0.498 e. The summed E-state index contributed by atoms with van der Waals surface area (Å²) in [6, 6.07) is 1.94. The lowest BCUT2D eigenvalue weighted by Crippen LogP contribution is -2.41. The molecule has 2 heterocycles. The Morgan fingerprint density at radius 1 is 1.26 bits per heavy atom. The van der Waals surface area contributed by atoms with E-state index in [1.807, 2.05) is 40.8 Å². The third-order valence-corrected chi connectivity index (χ3v) is 3.97. The molecule has 104 valence electrons. The Bertz CT molecular complexity index is 461. The van der Waals surface area contributed by atoms with Gasteiger partial charge in [-0.05, 0) is 46.4 Å². The van der Waals surface area contributed by atoms with E-state index in [1.54, 1.807) is 6.20 Å². The molecule has 1 aromatic rings. The van der Waals surface area contributed by atoms with Crippen LogP contribution in [0.1, 0.15) is 33.3 Å². The number of hydrogen-bond acceptors (Lipinski definition) is 5. The average molecular weight is 263 g/mol. The fraction of sp³-hybridized carbons (Fsp3) is 0.615. The van der Waals surface area contributed by atoms with Crippen LogP contribution in [-0.4, -0.2) is 30.4 Å². The van der Waals surface area contributed by atoms with Crippen molar-refractivity contribution < 1.29 is 9.31 Å². The summed E-state index contributed by atoms with van der Waals surface area (Å²) in [5, 5.41) is 3.12. The molecule has 0 aliphatic carbocycles. The molecule has 1 aliphatic rings.